The van der Waals surface area contributed by atoms with Gasteiger partial charge in [0.15, 0.2) is 9.84 Å². The Morgan fingerprint density at radius 3 is 2.74 bits per heavy atom. The number of rotatable bonds is 7. The van der Waals surface area contributed by atoms with Gasteiger partial charge in [0.2, 0.25) is 5.91 Å². The highest BCUT2D eigenvalue weighted by molar-refractivity contribution is 7.91. The molecular weight excluding hydrogens is 268 g/mol. The standard InChI is InChI=1S/C12H22N2O4S/c1-3-5-14(6-7-15)9-11(16)13-12(2)4-8-19(17,18)10-12/h3,15H,1,4-10H2,2H3,(H,13,16). The number of sulfone groups is 1. The molecule has 1 amide bonds. The van der Waals surface area contributed by atoms with E-state index in [0.717, 1.165) is 0 Å². The fourth-order valence-corrected chi connectivity index (χ4v) is 4.34. The summed E-state index contributed by atoms with van der Waals surface area (Å²) in [5.74, 6) is -0.112. The number of aliphatic hydroxyl groups excluding tert-OH is 1. The summed E-state index contributed by atoms with van der Waals surface area (Å²) in [5.41, 5.74) is -0.672. The summed E-state index contributed by atoms with van der Waals surface area (Å²) in [4.78, 5) is 13.7. The molecule has 7 heteroatoms. The van der Waals surface area contributed by atoms with E-state index in [2.05, 4.69) is 11.9 Å². The molecule has 19 heavy (non-hydrogen) atoms. The lowest BCUT2D eigenvalue weighted by Crippen LogP contribution is -2.50. The van der Waals surface area contributed by atoms with Gasteiger partial charge < -0.3 is 10.4 Å². The normalized spacial score (nSPS) is 25.4. The molecule has 0 radical (unpaired) electrons. The molecule has 0 bridgehead atoms. The van der Waals surface area contributed by atoms with Crippen molar-refractivity contribution in [1.29, 1.82) is 0 Å². The molecule has 1 aliphatic rings. The summed E-state index contributed by atoms with van der Waals surface area (Å²) < 4.78 is 22.9. The van der Waals surface area contributed by atoms with Gasteiger partial charge in [-0.3, -0.25) is 9.69 Å². The third-order valence-corrected chi connectivity index (χ3v) is 5.02. The molecule has 0 aromatic rings. The molecule has 1 unspecified atom stereocenters. The topological polar surface area (TPSA) is 86.7 Å². The van der Waals surface area contributed by atoms with Crippen LogP contribution in [0, 0.1) is 0 Å². The van der Waals surface area contributed by atoms with Gasteiger partial charge in [-0.15, -0.1) is 6.58 Å². The minimum absolute atomic E-state index is 0.00675. The molecule has 1 aliphatic heterocycles. The van der Waals surface area contributed by atoms with Gasteiger partial charge in [-0.25, -0.2) is 8.42 Å². The second-order valence-electron chi connectivity index (χ2n) is 5.20. The van der Waals surface area contributed by atoms with E-state index < -0.39 is 15.4 Å². The Kier molecular flexibility index (Phi) is 5.51. The van der Waals surface area contributed by atoms with Gasteiger partial charge in [-0.1, -0.05) is 6.08 Å². The molecule has 0 aromatic heterocycles. The Morgan fingerprint density at radius 2 is 2.26 bits per heavy atom. The van der Waals surface area contributed by atoms with Crippen LogP contribution >= 0.6 is 0 Å². The Balaban J connectivity index is 2.52. The minimum atomic E-state index is -3.03. The number of nitrogens with zero attached hydrogens (tertiary/aromatic N) is 1. The zero-order valence-corrected chi connectivity index (χ0v) is 12.1. The van der Waals surface area contributed by atoms with Crippen LogP contribution < -0.4 is 5.32 Å². The van der Waals surface area contributed by atoms with Crippen molar-refractivity contribution in [2.24, 2.45) is 0 Å². The summed E-state index contributed by atoms with van der Waals surface area (Å²) in [6.07, 6.45) is 2.10. The first-order valence-corrected chi connectivity index (χ1v) is 8.08. The zero-order valence-electron chi connectivity index (χ0n) is 11.3. The smallest absolute Gasteiger partial charge is 0.234 e. The maximum Gasteiger partial charge on any atom is 0.234 e. The third kappa shape index (κ3) is 5.30. The molecule has 1 saturated heterocycles. The third-order valence-electron chi connectivity index (χ3n) is 3.12. The largest absolute Gasteiger partial charge is 0.395 e. The van der Waals surface area contributed by atoms with E-state index in [-0.39, 0.29) is 30.6 Å². The Labute approximate surface area is 114 Å². The van der Waals surface area contributed by atoms with Crippen LogP contribution in [0.5, 0.6) is 0 Å². The second-order valence-corrected chi connectivity index (χ2v) is 7.38. The average Bonchev–Trinajstić information content (AvgIpc) is 2.53. The fourth-order valence-electron chi connectivity index (χ4n) is 2.25. The summed E-state index contributed by atoms with van der Waals surface area (Å²) in [6.45, 7) is 6.32. The van der Waals surface area contributed by atoms with Crippen molar-refractivity contribution in [3.8, 4) is 0 Å². The van der Waals surface area contributed by atoms with E-state index in [1.54, 1.807) is 17.9 Å². The van der Waals surface area contributed by atoms with Crippen LogP contribution in [0.4, 0.5) is 0 Å². The highest BCUT2D eigenvalue weighted by Crippen LogP contribution is 2.22. The van der Waals surface area contributed by atoms with Gasteiger partial charge in [0.1, 0.15) is 0 Å². The molecular formula is C12H22N2O4S. The van der Waals surface area contributed by atoms with E-state index in [1.165, 1.54) is 0 Å². The zero-order chi connectivity index (χ0) is 14.5. The van der Waals surface area contributed by atoms with Crippen molar-refractivity contribution in [2.75, 3.05) is 37.7 Å². The van der Waals surface area contributed by atoms with Gasteiger partial charge in [-0.2, -0.15) is 0 Å². The maximum atomic E-state index is 11.9. The van der Waals surface area contributed by atoms with E-state index in [1.807, 2.05) is 0 Å². The average molecular weight is 290 g/mol. The van der Waals surface area contributed by atoms with Gasteiger partial charge >= 0.3 is 0 Å². The van der Waals surface area contributed by atoms with Gasteiger partial charge in [0.05, 0.1) is 30.2 Å². The number of nitrogens with one attached hydrogen (secondary N) is 1. The van der Waals surface area contributed by atoms with Gasteiger partial charge in [0.25, 0.3) is 0 Å². The molecule has 1 atom stereocenters. The van der Waals surface area contributed by atoms with Gasteiger partial charge in [0, 0.05) is 13.1 Å². The summed E-state index contributed by atoms with van der Waals surface area (Å²) in [5, 5.41) is 11.7. The predicted octanol–water partition coefficient (Wildman–Crippen LogP) is -0.840. The van der Waals surface area contributed by atoms with E-state index in [0.29, 0.717) is 19.5 Å². The van der Waals surface area contributed by atoms with Crippen molar-refractivity contribution in [2.45, 2.75) is 18.9 Å². The maximum absolute atomic E-state index is 11.9. The monoisotopic (exact) mass is 290 g/mol. The van der Waals surface area contributed by atoms with Crippen molar-refractivity contribution in [3.05, 3.63) is 12.7 Å². The lowest BCUT2D eigenvalue weighted by atomic mass is 10.0. The van der Waals surface area contributed by atoms with E-state index >= 15 is 0 Å². The lowest BCUT2D eigenvalue weighted by molar-refractivity contribution is -0.123. The van der Waals surface area contributed by atoms with Crippen LogP contribution in [-0.2, 0) is 14.6 Å². The predicted molar refractivity (Wildman–Crippen MR) is 73.5 cm³/mol. The molecule has 0 aliphatic carbocycles. The van der Waals surface area contributed by atoms with E-state index in [4.69, 9.17) is 5.11 Å². The van der Waals surface area contributed by atoms with Crippen LogP contribution in [0.1, 0.15) is 13.3 Å². The SMILES string of the molecule is C=CCN(CCO)CC(=O)NC1(C)CCS(=O)(=O)C1. The molecule has 1 rings (SSSR count). The molecule has 2 N–H and O–H groups in total. The Morgan fingerprint density at radius 1 is 1.58 bits per heavy atom. The molecule has 110 valence electrons. The van der Waals surface area contributed by atoms with Crippen molar-refractivity contribution < 1.29 is 18.3 Å². The van der Waals surface area contributed by atoms with Crippen LogP contribution in [0.15, 0.2) is 12.7 Å². The number of carbonyl (C=O) groups is 1. The second kappa shape index (κ2) is 6.49. The Hall–Kier alpha value is -0.920. The summed E-state index contributed by atoms with van der Waals surface area (Å²) >= 11 is 0. The highest BCUT2D eigenvalue weighted by Gasteiger charge is 2.39. The first-order valence-electron chi connectivity index (χ1n) is 6.26. The lowest BCUT2D eigenvalue weighted by Gasteiger charge is -2.26. The summed E-state index contributed by atoms with van der Waals surface area (Å²) in [7, 11) is -3.03. The molecule has 0 spiro atoms. The highest BCUT2D eigenvalue weighted by atomic mass is 32.2. The number of carbonyl (C=O) groups excluding carboxylic acids is 1. The molecule has 6 nitrogen and oxygen atoms in total. The fraction of sp³-hybridized carbons (Fsp3) is 0.750. The molecule has 0 aromatic carbocycles. The van der Waals surface area contributed by atoms with Crippen molar-refractivity contribution in [3.63, 3.8) is 0 Å². The van der Waals surface area contributed by atoms with Crippen molar-refractivity contribution in [1.82, 2.24) is 10.2 Å². The quantitative estimate of drug-likeness (QED) is 0.597. The molecule has 0 saturated carbocycles. The van der Waals surface area contributed by atoms with Crippen LogP contribution in [0.25, 0.3) is 0 Å². The number of amides is 1. The first kappa shape index (κ1) is 16.1. The van der Waals surface area contributed by atoms with Crippen molar-refractivity contribution >= 4 is 15.7 Å². The first-order chi connectivity index (χ1) is 8.80. The van der Waals surface area contributed by atoms with E-state index in [9.17, 15) is 13.2 Å². The minimum Gasteiger partial charge on any atom is -0.395 e. The molecule has 1 fully saturated rings. The van der Waals surface area contributed by atoms with Crippen LogP contribution in [0.3, 0.4) is 0 Å². The van der Waals surface area contributed by atoms with Crippen LogP contribution in [0.2, 0.25) is 0 Å². The number of hydrogen-bond donors (Lipinski definition) is 2. The summed E-state index contributed by atoms with van der Waals surface area (Å²) in [6, 6.07) is 0. The Bertz CT molecular complexity index is 435. The molecule has 1 heterocycles. The number of aliphatic hydroxyl groups is 1. The van der Waals surface area contributed by atoms with Crippen LogP contribution in [-0.4, -0.2) is 67.6 Å². The number of hydrogen-bond acceptors (Lipinski definition) is 5. The van der Waals surface area contributed by atoms with Gasteiger partial charge in [-0.05, 0) is 13.3 Å².